The molecule has 0 saturated heterocycles. The molecule has 0 aliphatic heterocycles. The van der Waals surface area contributed by atoms with E-state index in [4.69, 9.17) is 14.9 Å². The van der Waals surface area contributed by atoms with E-state index in [9.17, 15) is 9.59 Å². The van der Waals surface area contributed by atoms with Gasteiger partial charge >= 0.3 is 12.2 Å². The van der Waals surface area contributed by atoms with Crippen molar-refractivity contribution in [2.75, 3.05) is 15.2 Å². The van der Waals surface area contributed by atoms with Crippen LogP contribution in [0.1, 0.15) is 11.3 Å². The number of anilines is 2. The molecular formula is C22H16FIN6O4S. The highest BCUT2D eigenvalue weighted by molar-refractivity contribution is 14.1. The number of fused-ring (bicyclic) bond motifs is 3. The lowest BCUT2D eigenvalue weighted by atomic mass is 9.95. The Balaban J connectivity index is 1.66. The fraction of sp³-hybridized carbons (Fsp3) is 0.136. The maximum atomic E-state index is 15.2. The monoisotopic (exact) mass is 606 g/mol. The molecule has 0 atom stereocenters. The van der Waals surface area contributed by atoms with Gasteiger partial charge in [0, 0.05) is 29.2 Å². The zero-order valence-electron chi connectivity index (χ0n) is 17.8. The van der Waals surface area contributed by atoms with Gasteiger partial charge in [-0.05, 0) is 65.8 Å². The van der Waals surface area contributed by atoms with Gasteiger partial charge < -0.3 is 9.84 Å². The van der Waals surface area contributed by atoms with Gasteiger partial charge in [0.15, 0.2) is 10.9 Å². The van der Waals surface area contributed by atoms with Crippen LogP contribution in [0.15, 0.2) is 42.7 Å². The lowest BCUT2D eigenvalue weighted by Crippen LogP contribution is -2.12. The van der Waals surface area contributed by atoms with Crippen molar-refractivity contribution >= 4 is 56.9 Å². The number of ether oxygens (including phenoxy) is 1. The summed E-state index contributed by atoms with van der Waals surface area (Å²) in [5.74, 6) is -0.653. The predicted molar refractivity (Wildman–Crippen MR) is 136 cm³/mol. The first-order valence-electron chi connectivity index (χ1n) is 10.3. The fourth-order valence-electron chi connectivity index (χ4n) is 3.89. The molecule has 0 bridgehead atoms. The number of thiazole rings is 1. The number of carbonyl (C=O) groups is 2. The summed E-state index contributed by atoms with van der Waals surface area (Å²) >= 11 is 3.18. The molecule has 1 aliphatic rings. The Morgan fingerprint density at radius 2 is 2.11 bits per heavy atom. The first kappa shape index (κ1) is 23.2. The number of aryl methyl sites for hydroxylation is 1. The number of alkyl halides is 1. The Kier molecular flexibility index (Phi) is 6.34. The Bertz CT molecular complexity index is 1440. The van der Waals surface area contributed by atoms with E-state index in [2.05, 4.69) is 20.6 Å². The van der Waals surface area contributed by atoms with Gasteiger partial charge in [0.2, 0.25) is 0 Å². The summed E-state index contributed by atoms with van der Waals surface area (Å²) in [6.07, 6.45) is 2.68. The van der Waals surface area contributed by atoms with Crippen molar-refractivity contribution < 1.29 is 23.8 Å². The molecule has 13 heteroatoms. The standard InChI is InChI=1S/C22H16FIN6O4S/c23-14-8-12(26-21(31)32)3-6-16(14)30-18-13(17(29-30)11-2-1-7-25-9-11)4-5-15-19(18)35-20(27-15)28-22(33)34-10-24/h1-3,6-9,26H,4-5,10H2,(H,31,32)(H,27,28,33). The summed E-state index contributed by atoms with van der Waals surface area (Å²) in [5, 5.41) is 18.8. The molecule has 0 saturated carbocycles. The van der Waals surface area contributed by atoms with E-state index < -0.39 is 18.0 Å². The van der Waals surface area contributed by atoms with E-state index in [0.717, 1.165) is 27.8 Å². The minimum atomic E-state index is -1.29. The molecule has 5 rings (SSSR count). The van der Waals surface area contributed by atoms with E-state index in [1.54, 1.807) is 18.5 Å². The van der Waals surface area contributed by atoms with E-state index >= 15 is 4.39 Å². The van der Waals surface area contributed by atoms with Crippen LogP contribution in [0, 0.1) is 5.82 Å². The second-order valence-corrected chi connectivity index (χ2v) is 9.01. The molecule has 178 valence electrons. The summed E-state index contributed by atoms with van der Waals surface area (Å²) in [6.45, 7) is 0. The number of halogens is 2. The van der Waals surface area contributed by atoms with Crippen molar-refractivity contribution in [2.45, 2.75) is 12.8 Å². The molecule has 10 nitrogen and oxygen atoms in total. The summed E-state index contributed by atoms with van der Waals surface area (Å²) in [7, 11) is 0. The average molecular weight is 606 g/mol. The van der Waals surface area contributed by atoms with E-state index in [1.165, 1.54) is 28.2 Å². The fourth-order valence-corrected chi connectivity index (χ4v) is 5.22. The number of benzene rings is 1. The number of hydrogen-bond donors (Lipinski definition) is 3. The Hall–Kier alpha value is -3.59. The third-order valence-corrected chi connectivity index (χ3v) is 6.60. The van der Waals surface area contributed by atoms with Crippen LogP contribution in [0.5, 0.6) is 0 Å². The second kappa shape index (κ2) is 9.58. The summed E-state index contributed by atoms with van der Waals surface area (Å²) in [6, 6.07) is 7.71. The number of amides is 2. The molecule has 0 radical (unpaired) electrons. The molecule has 4 aromatic rings. The Morgan fingerprint density at radius 1 is 1.26 bits per heavy atom. The normalized spacial score (nSPS) is 11.9. The average Bonchev–Trinajstić information content (AvgIpc) is 3.40. The number of hydrogen-bond acceptors (Lipinski definition) is 7. The number of aromatic nitrogens is 4. The number of pyridine rings is 1. The molecule has 1 aromatic carbocycles. The molecule has 1 aliphatic carbocycles. The smallest absolute Gasteiger partial charge is 0.414 e. The molecule has 0 spiro atoms. The van der Waals surface area contributed by atoms with Crippen LogP contribution in [-0.2, 0) is 17.6 Å². The van der Waals surface area contributed by atoms with Gasteiger partial charge in [-0.1, -0.05) is 11.3 Å². The Morgan fingerprint density at radius 3 is 2.83 bits per heavy atom. The molecule has 35 heavy (non-hydrogen) atoms. The lowest BCUT2D eigenvalue weighted by molar-refractivity contribution is 0.184. The van der Waals surface area contributed by atoms with Crippen molar-refractivity contribution in [3.63, 3.8) is 0 Å². The number of rotatable bonds is 5. The second-order valence-electron chi connectivity index (χ2n) is 7.39. The molecule has 3 N–H and O–H groups in total. The first-order chi connectivity index (χ1) is 16.9. The molecule has 2 amide bonds. The maximum absolute atomic E-state index is 15.2. The zero-order chi connectivity index (χ0) is 24.5. The van der Waals surface area contributed by atoms with E-state index in [-0.39, 0.29) is 16.0 Å². The SMILES string of the molecule is O=C(O)Nc1ccc(-n2nc(-c3cccnc3)c3c2-c2sc(NC(=O)OCI)nc2CC3)c(F)c1. The molecule has 0 fully saturated rings. The number of carboxylic acid groups (broad SMARTS) is 1. The van der Waals surface area contributed by atoms with Crippen LogP contribution < -0.4 is 10.6 Å². The third kappa shape index (κ3) is 4.55. The number of carbonyl (C=O) groups excluding carboxylic acids is 1. The highest BCUT2D eigenvalue weighted by Crippen LogP contribution is 2.44. The van der Waals surface area contributed by atoms with Gasteiger partial charge in [-0.3, -0.25) is 15.6 Å². The molecule has 3 heterocycles. The molecule has 3 aromatic heterocycles. The molecule has 0 unspecified atom stereocenters. The highest BCUT2D eigenvalue weighted by Gasteiger charge is 2.31. The van der Waals surface area contributed by atoms with Crippen LogP contribution in [0.4, 0.5) is 24.8 Å². The van der Waals surface area contributed by atoms with Crippen molar-refractivity contribution in [2.24, 2.45) is 0 Å². The van der Waals surface area contributed by atoms with Gasteiger partial charge in [-0.25, -0.2) is 23.6 Å². The van der Waals surface area contributed by atoms with Crippen LogP contribution in [0.25, 0.3) is 27.5 Å². The zero-order valence-corrected chi connectivity index (χ0v) is 20.8. The molecular weight excluding hydrogens is 590 g/mol. The van der Waals surface area contributed by atoms with Gasteiger partial charge in [-0.15, -0.1) is 0 Å². The highest BCUT2D eigenvalue weighted by atomic mass is 127. The van der Waals surface area contributed by atoms with Crippen molar-refractivity contribution in [3.8, 4) is 27.5 Å². The summed E-state index contributed by atoms with van der Waals surface area (Å²) in [5.41, 5.74) is 4.02. The topological polar surface area (TPSA) is 131 Å². The summed E-state index contributed by atoms with van der Waals surface area (Å²) in [4.78, 5) is 32.3. The number of nitrogens with zero attached hydrogens (tertiary/aromatic N) is 4. The van der Waals surface area contributed by atoms with Crippen molar-refractivity contribution in [3.05, 3.63) is 59.8 Å². The van der Waals surface area contributed by atoms with E-state index in [1.807, 2.05) is 28.7 Å². The lowest BCUT2D eigenvalue weighted by Gasteiger charge is -2.15. The Labute approximate surface area is 215 Å². The first-order valence-corrected chi connectivity index (χ1v) is 12.6. The van der Waals surface area contributed by atoms with E-state index in [0.29, 0.717) is 29.4 Å². The van der Waals surface area contributed by atoms with Gasteiger partial charge in [0.1, 0.15) is 10.3 Å². The quantitative estimate of drug-likeness (QED) is 0.207. The number of nitrogens with one attached hydrogen (secondary N) is 2. The van der Waals surface area contributed by atoms with Gasteiger partial charge in [-0.2, -0.15) is 5.10 Å². The van der Waals surface area contributed by atoms with Gasteiger partial charge in [0.05, 0.1) is 22.0 Å². The largest absolute Gasteiger partial charge is 0.465 e. The van der Waals surface area contributed by atoms with Crippen LogP contribution in [0.2, 0.25) is 0 Å². The minimum Gasteiger partial charge on any atom is -0.465 e. The van der Waals surface area contributed by atoms with Crippen LogP contribution >= 0.6 is 33.9 Å². The predicted octanol–water partition coefficient (Wildman–Crippen LogP) is 5.33. The van der Waals surface area contributed by atoms with Crippen molar-refractivity contribution in [1.82, 2.24) is 19.7 Å². The summed E-state index contributed by atoms with van der Waals surface area (Å²) < 4.78 is 21.9. The maximum Gasteiger partial charge on any atom is 0.414 e. The minimum absolute atomic E-state index is 0.103. The van der Waals surface area contributed by atoms with Crippen LogP contribution in [0.3, 0.4) is 0 Å². The third-order valence-electron chi connectivity index (χ3n) is 5.26. The van der Waals surface area contributed by atoms with Crippen LogP contribution in [-0.4, -0.2) is 41.7 Å². The van der Waals surface area contributed by atoms with Gasteiger partial charge in [0.25, 0.3) is 0 Å². The van der Waals surface area contributed by atoms with Crippen molar-refractivity contribution in [1.29, 1.82) is 0 Å².